The van der Waals surface area contributed by atoms with E-state index in [9.17, 15) is 4.79 Å². The minimum Gasteiger partial charge on any atom is -0.382 e. The number of rotatable bonds is 6. The van der Waals surface area contributed by atoms with Crippen LogP contribution in [0.1, 0.15) is 27.0 Å². The van der Waals surface area contributed by atoms with Crippen LogP contribution in [0.3, 0.4) is 0 Å². The van der Waals surface area contributed by atoms with Crippen molar-refractivity contribution in [2.45, 2.75) is 13.1 Å². The van der Waals surface area contributed by atoms with E-state index in [1.54, 1.807) is 0 Å². The van der Waals surface area contributed by atoms with Crippen LogP contribution < -0.4 is 16.9 Å². The molecule has 5 rings (SSSR count). The number of aromatic nitrogens is 1. The number of hydrazone groups is 1. The van der Waals surface area contributed by atoms with Gasteiger partial charge in [0.1, 0.15) is 5.84 Å². The average molecular weight is 482 g/mol. The van der Waals surface area contributed by atoms with Gasteiger partial charge in [-0.2, -0.15) is 5.10 Å². The lowest BCUT2D eigenvalue weighted by molar-refractivity contribution is 0.0951. The molecule has 7 heteroatoms. The third-order valence-corrected chi connectivity index (χ3v) is 6.36. The van der Waals surface area contributed by atoms with Gasteiger partial charge in [-0.3, -0.25) is 4.79 Å². The van der Waals surface area contributed by atoms with Crippen molar-refractivity contribution in [1.29, 1.82) is 0 Å². The quantitative estimate of drug-likeness (QED) is 0.138. The lowest BCUT2D eigenvalue weighted by Crippen LogP contribution is -2.22. The number of amides is 1. The molecule has 0 unspecified atom stereocenters. The molecule has 0 aliphatic carbocycles. The van der Waals surface area contributed by atoms with E-state index in [0.717, 1.165) is 38.5 Å². The topological polar surface area (TPSA) is 98.4 Å². The fourth-order valence-electron chi connectivity index (χ4n) is 4.34. The van der Waals surface area contributed by atoms with Crippen molar-refractivity contribution in [2.75, 3.05) is 0 Å². The smallest absolute Gasteiger partial charge is 0.251 e. The fraction of sp³-hybridized carbons (Fsp3) is 0.0714. The number of nitrogens with zero attached hydrogens (tertiary/aromatic N) is 2. The number of para-hydroxylation sites is 1. The molecule has 4 aromatic carbocycles. The van der Waals surface area contributed by atoms with Gasteiger partial charge < -0.3 is 21.5 Å². The largest absolute Gasteiger partial charge is 0.382 e. The van der Waals surface area contributed by atoms with Crippen LogP contribution in [0.25, 0.3) is 21.8 Å². The van der Waals surface area contributed by atoms with Crippen molar-refractivity contribution in [3.05, 3.63) is 118 Å². The second-order valence-electron chi connectivity index (χ2n) is 8.36. The molecule has 0 spiro atoms. The first-order chi connectivity index (χ1) is 17.0. The molecular formula is C28H24ClN5O. The average Bonchev–Trinajstić information content (AvgIpc) is 3.20. The van der Waals surface area contributed by atoms with E-state index in [1.165, 1.54) is 0 Å². The molecule has 5 aromatic rings. The first-order valence-electron chi connectivity index (χ1n) is 11.2. The number of nitrogens with one attached hydrogen (secondary N) is 1. The molecular weight excluding hydrogens is 458 g/mol. The van der Waals surface area contributed by atoms with Crippen molar-refractivity contribution in [3.8, 4) is 0 Å². The van der Waals surface area contributed by atoms with E-state index >= 15 is 0 Å². The molecule has 35 heavy (non-hydrogen) atoms. The van der Waals surface area contributed by atoms with Crippen LogP contribution in [0.2, 0.25) is 5.02 Å². The summed E-state index contributed by atoms with van der Waals surface area (Å²) in [5.41, 5.74) is 11.5. The van der Waals surface area contributed by atoms with E-state index in [0.29, 0.717) is 29.5 Å². The standard InChI is InChI=1S/C28H24ClN5O/c29-22-11-8-18(9-12-22)16-32-28(35)21-5-3-4-19(14-21)17-34-25-7-2-1-6-23(25)24-15-20(27(30)33-31)10-13-26(24)34/h1-15H,16-17,31H2,(H2,30,33)(H,32,35). The van der Waals surface area contributed by atoms with Crippen LogP contribution in [0.5, 0.6) is 0 Å². The number of amidine groups is 1. The van der Waals surface area contributed by atoms with Gasteiger partial charge in [0, 0.05) is 51.0 Å². The zero-order valence-electron chi connectivity index (χ0n) is 18.9. The van der Waals surface area contributed by atoms with Crippen molar-refractivity contribution in [2.24, 2.45) is 16.7 Å². The summed E-state index contributed by atoms with van der Waals surface area (Å²) >= 11 is 5.94. The summed E-state index contributed by atoms with van der Waals surface area (Å²) in [6, 6.07) is 29.3. The summed E-state index contributed by atoms with van der Waals surface area (Å²) in [4.78, 5) is 12.8. The lowest BCUT2D eigenvalue weighted by Gasteiger charge is -2.10. The van der Waals surface area contributed by atoms with Crippen molar-refractivity contribution < 1.29 is 4.79 Å². The minimum absolute atomic E-state index is 0.120. The number of halogens is 1. The highest BCUT2D eigenvalue weighted by atomic mass is 35.5. The van der Waals surface area contributed by atoms with Gasteiger partial charge in [0.25, 0.3) is 5.91 Å². The SMILES string of the molecule is N/N=C(\N)c1ccc2c(c1)c1ccccc1n2Cc1cccc(C(=O)NCc2ccc(Cl)cc2)c1. The number of nitrogens with two attached hydrogens (primary N) is 2. The molecule has 1 aromatic heterocycles. The predicted octanol–water partition coefficient (Wildman–Crippen LogP) is 5.01. The Kier molecular flexibility index (Phi) is 6.12. The van der Waals surface area contributed by atoms with Crippen LogP contribution >= 0.6 is 11.6 Å². The Morgan fingerprint density at radius 3 is 2.40 bits per heavy atom. The molecule has 0 atom stereocenters. The highest BCUT2D eigenvalue weighted by Crippen LogP contribution is 2.30. The molecule has 0 radical (unpaired) electrons. The highest BCUT2D eigenvalue weighted by molar-refractivity contribution is 6.30. The van der Waals surface area contributed by atoms with Crippen molar-refractivity contribution in [1.82, 2.24) is 9.88 Å². The van der Waals surface area contributed by atoms with E-state index in [-0.39, 0.29) is 5.91 Å². The predicted molar refractivity (Wildman–Crippen MR) is 143 cm³/mol. The summed E-state index contributed by atoms with van der Waals surface area (Å²) in [6.45, 7) is 1.05. The molecule has 0 saturated heterocycles. The Morgan fingerprint density at radius 1 is 0.829 bits per heavy atom. The Bertz CT molecular complexity index is 1570. The van der Waals surface area contributed by atoms with Gasteiger partial charge in [-0.15, -0.1) is 0 Å². The van der Waals surface area contributed by atoms with Crippen LogP contribution in [0.4, 0.5) is 0 Å². The van der Waals surface area contributed by atoms with Crippen LogP contribution in [-0.2, 0) is 13.1 Å². The molecule has 0 aliphatic heterocycles. The third-order valence-electron chi connectivity index (χ3n) is 6.10. The number of carbonyl (C=O) groups excluding carboxylic acids is 1. The second-order valence-corrected chi connectivity index (χ2v) is 8.80. The molecule has 1 heterocycles. The van der Waals surface area contributed by atoms with E-state index in [1.807, 2.05) is 78.9 Å². The van der Waals surface area contributed by atoms with Gasteiger partial charge in [-0.05, 0) is 59.7 Å². The monoisotopic (exact) mass is 481 g/mol. The zero-order chi connectivity index (χ0) is 24.4. The zero-order valence-corrected chi connectivity index (χ0v) is 19.7. The van der Waals surface area contributed by atoms with Crippen LogP contribution in [0.15, 0.2) is 96.1 Å². The summed E-state index contributed by atoms with van der Waals surface area (Å²) < 4.78 is 2.24. The highest BCUT2D eigenvalue weighted by Gasteiger charge is 2.13. The first-order valence-corrected chi connectivity index (χ1v) is 11.6. The summed E-state index contributed by atoms with van der Waals surface area (Å²) in [7, 11) is 0. The van der Waals surface area contributed by atoms with E-state index in [4.69, 9.17) is 23.2 Å². The summed E-state index contributed by atoms with van der Waals surface area (Å²) in [6.07, 6.45) is 0. The van der Waals surface area contributed by atoms with Gasteiger partial charge in [-0.25, -0.2) is 0 Å². The van der Waals surface area contributed by atoms with Gasteiger partial charge in [-0.1, -0.05) is 54.1 Å². The Balaban J connectivity index is 1.44. The molecule has 0 fully saturated rings. The molecule has 174 valence electrons. The Hall–Kier alpha value is -4.29. The summed E-state index contributed by atoms with van der Waals surface area (Å²) in [5, 5.41) is 9.47. The summed E-state index contributed by atoms with van der Waals surface area (Å²) in [5.74, 6) is 5.56. The number of hydrogen-bond donors (Lipinski definition) is 3. The van der Waals surface area contributed by atoms with Crippen molar-refractivity contribution >= 4 is 45.1 Å². The van der Waals surface area contributed by atoms with Gasteiger partial charge in [0.15, 0.2) is 0 Å². The van der Waals surface area contributed by atoms with E-state index < -0.39 is 0 Å². The van der Waals surface area contributed by atoms with Crippen LogP contribution in [0, 0.1) is 0 Å². The number of fused-ring (bicyclic) bond motifs is 3. The third kappa shape index (κ3) is 4.56. The maximum atomic E-state index is 12.8. The maximum absolute atomic E-state index is 12.8. The maximum Gasteiger partial charge on any atom is 0.251 e. The molecule has 0 saturated carbocycles. The molecule has 1 amide bonds. The fourth-order valence-corrected chi connectivity index (χ4v) is 4.46. The first kappa shape index (κ1) is 22.5. The van der Waals surface area contributed by atoms with E-state index in [2.05, 4.69) is 27.1 Å². The van der Waals surface area contributed by atoms with Gasteiger partial charge in [0.05, 0.1) is 0 Å². The Labute approximate surface area is 207 Å². The minimum atomic E-state index is -0.120. The van der Waals surface area contributed by atoms with Crippen molar-refractivity contribution in [3.63, 3.8) is 0 Å². The molecule has 6 nitrogen and oxygen atoms in total. The second kappa shape index (κ2) is 9.52. The lowest BCUT2D eigenvalue weighted by atomic mass is 10.1. The van der Waals surface area contributed by atoms with Gasteiger partial charge >= 0.3 is 0 Å². The number of hydrogen-bond acceptors (Lipinski definition) is 3. The van der Waals surface area contributed by atoms with Crippen LogP contribution in [-0.4, -0.2) is 16.3 Å². The molecule has 5 N–H and O–H groups in total. The molecule has 0 aliphatic rings. The normalized spacial score (nSPS) is 11.7. The Morgan fingerprint density at radius 2 is 1.60 bits per heavy atom. The number of carbonyl (C=O) groups is 1. The number of benzene rings is 4. The molecule has 0 bridgehead atoms. The van der Waals surface area contributed by atoms with Gasteiger partial charge in [0.2, 0.25) is 0 Å².